The molecule has 0 aromatic heterocycles. The van der Waals surface area contributed by atoms with Crippen LogP contribution in [0.3, 0.4) is 0 Å². The zero-order valence-corrected chi connectivity index (χ0v) is 8.84. The van der Waals surface area contributed by atoms with Gasteiger partial charge in [-0.1, -0.05) is 0 Å². The van der Waals surface area contributed by atoms with Crippen molar-refractivity contribution in [2.45, 2.75) is 12.5 Å². The minimum atomic E-state index is 0. The first-order valence-corrected chi connectivity index (χ1v) is 4.35. The van der Waals surface area contributed by atoms with E-state index < -0.39 is 0 Å². The quantitative estimate of drug-likeness (QED) is 0.770. The highest BCUT2D eigenvalue weighted by Crippen LogP contribution is 2.27. The second kappa shape index (κ2) is 4.53. The molecule has 0 aliphatic carbocycles. The molecule has 4 heteroatoms. The number of methoxy groups -OCH3 is 1. The Morgan fingerprint density at radius 3 is 3.00 bits per heavy atom. The summed E-state index contributed by atoms with van der Waals surface area (Å²) >= 11 is 0. The van der Waals surface area contributed by atoms with Crippen LogP contribution in [0, 0.1) is 0 Å². The third-order valence-electron chi connectivity index (χ3n) is 2.20. The van der Waals surface area contributed by atoms with Gasteiger partial charge in [-0.2, -0.15) is 0 Å². The predicted octanol–water partition coefficient (Wildman–Crippen LogP) is 1.38. The molecule has 1 heterocycles. The molecule has 1 aromatic carbocycles. The largest absolute Gasteiger partial charge is 0.497 e. The van der Waals surface area contributed by atoms with Crippen molar-refractivity contribution in [3.63, 3.8) is 0 Å². The summed E-state index contributed by atoms with van der Waals surface area (Å²) in [6, 6.07) is 5.92. The highest BCUT2D eigenvalue weighted by atomic mass is 35.5. The van der Waals surface area contributed by atoms with Gasteiger partial charge in [0.25, 0.3) is 0 Å². The number of ether oxygens (including phenoxy) is 2. The van der Waals surface area contributed by atoms with Crippen LogP contribution in [0.25, 0.3) is 0 Å². The molecule has 1 unspecified atom stereocenters. The Hall–Kier alpha value is -0.930. The Bertz CT molecular complexity index is 317. The first kappa shape index (κ1) is 11.1. The maximum Gasteiger partial charge on any atom is 0.122 e. The second-order valence-electron chi connectivity index (χ2n) is 3.25. The van der Waals surface area contributed by atoms with E-state index in [0.717, 1.165) is 23.5 Å². The van der Waals surface area contributed by atoms with Gasteiger partial charge in [0.2, 0.25) is 0 Å². The summed E-state index contributed by atoms with van der Waals surface area (Å²) in [6.07, 6.45) is 0.868. The summed E-state index contributed by atoms with van der Waals surface area (Å²) in [5, 5.41) is 0. The van der Waals surface area contributed by atoms with Crippen LogP contribution in [0.1, 0.15) is 5.56 Å². The summed E-state index contributed by atoms with van der Waals surface area (Å²) < 4.78 is 10.6. The summed E-state index contributed by atoms with van der Waals surface area (Å²) in [5.41, 5.74) is 6.91. The average Bonchev–Trinajstić information content (AvgIpc) is 2.16. The lowest BCUT2D eigenvalue weighted by Gasteiger charge is -2.22. The van der Waals surface area contributed by atoms with Crippen molar-refractivity contribution in [1.29, 1.82) is 0 Å². The molecule has 14 heavy (non-hydrogen) atoms. The number of rotatable bonds is 1. The SMILES string of the molecule is COc1ccc2c(c1)CC(N)CO2.Cl. The molecule has 0 saturated carbocycles. The molecule has 1 aromatic rings. The minimum Gasteiger partial charge on any atom is -0.497 e. The van der Waals surface area contributed by atoms with E-state index >= 15 is 0 Å². The summed E-state index contributed by atoms with van der Waals surface area (Å²) in [5.74, 6) is 1.79. The van der Waals surface area contributed by atoms with E-state index in [0.29, 0.717) is 6.61 Å². The van der Waals surface area contributed by atoms with Crippen molar-refractivity contribution in [2.24, 2.45) is 5.73 Å². The van der Waals surface area contributed by atoms with Crippen molar-refractivity contribution in [2.75, 3.05) is 13.7 Å². The van der Waals surface area contributed by atoms with E-state index in [2.05, 4.69) is 0 Å². The summed E-state index contributed by atoms with van der Waals surface area (Å²) in [7, 11) is 1.66. The van der Waals surface area contributed by atoms with Crippen LogP contribution in [0.4, 0.5) is 0 Å². The van der Waals surface area contributed by atoms with E-state index in [1.165, 1.54) is 0 Å². The first-order chi connectivity index (χ1) is 6.29. The average molecular weight is 216 g/mol. The molecule has 78 valence electrons. The Morgan fingerprint density at radius 1 is 1.50 bits per heavy atom. The molecule has 0 saturated heterocycles. The molecule has 0 spiro atoms. The van der Waals surface area contributed by atoms with Crippen molar-refractivity contribution >= 4 is 12.4 Å². The standard InChI is InChI=1S/C10H13NO2.ClH/c1-12-9-2-3-10-7(5-9)4-8(11)6-13-10;/h2-3,5,8H,4,6,11H2,1H3;1H. The Kier molecular flexibility index (Phi) is 3.61. The number of nitrogens with two attached hydrogens (primary N) is 1. The minimum absolute atomic E-state index is 0. The molecule has 0 fully saturated rings. The predicted molar refractivity (Wildman–Crippen MR) is 57.4 cm³/mol. The Morgan fingerprint density at radius 2 is 2.29 bits per heavy atom. The smallest absolute Gasteiger partial charge is 0.122 e. The maximum absolute atomic E-state index is 5.78. The fraction of sp³-hybridized carbons (Fsp3) is 0.400. The molecule has 1 aliphatic rings. The normalized spacial score (nSPS) is 18.9. The third-order valence-corrected chi connectivity index (χ3v) is 2.20. The van der Waals surface area contributed by atoms with Crippen molar-refractivity contribution < 1.29 is 9.47 Å². The fourth-order valence-corrected chi connectivity index (χ4v) is 1.52. The lowest BCUT2D eigenvalue weighted by Crippen LogP contribution is -2.33. The highest BCUT2D eigenvalue weighted by molar-refractivity contribution is 5.85. The van der Waals surface area contributed by atoms with Crippen LogP contribution >= 0.6 is 12.4 Å². The van der Waals surface area contributed by atoms with Crippen LogP contribution in [-0.2, 0) is 6.42 Å². The second-order valence-corrected chi connectivity index (χ2v) is 3.25. The van der Waals surface area contributed by atoms with Gasteiger partial charge in [-0.15, -0.1) is 12.4 Å². The van der Waals surface area contributed by atoms with Crippen molar-refractivity contribution in [3.05, 3.63) is 23.8 Å². The van der Waals surface area contributed by atoms with E-state index in [4.69, 9.17) is 15.2 Å². The van der Waals surface area contributed by atoms with Gasteiger partial charge in [0.05, 0.1) is 7.11 Å². The molecule has 0 bridgehead atoms. The van der Waals surface area contributed by atoms with Crippen LogP contribution in [-0.4, -0.2) is 19.8 Å². The molecule has 1 atom stereocenters. The van der Waals surface area contributed by atoms with Crippen molar-refractivity contribution in [1.82, 2.24) is 0 Å². The molecular weight excluding hydrogens is 202 g/mol. The van der Waals surface area contributed by atoms with Crippen LogP contribution in [0.5, 0.6) is 11.5 Å². The van der Waals surface area contributed by atoms with Gasteiger partial charge >= 0.3 is 0 Å². The maximum atomic E-state index is 5.78. The van der Waals surface area contributed by atoms with Gasteiger partial charge in [0.15, 0.2) is 0 Å². The van der Waals surface area contributed by atoms with Crippen LogP contribution in [0.15, 0.2) is 18.2 Å². The highest BCUT2D eigenvalue weighted by Gasteiger charge is 2.16. The number of benzene rings is 1. The van der Waals surface area contributed by atoms with Gasteiger partial charge < -0.3 is 15.2 Å². The molecule has 2 rings (SSSR count). The molecule has 2 N–H and O–H groups in total. The van der Waals surface area contributed by atoms with Crippen LogP contribution in [0.2, 0.25) is 0 Å². The monoisotopic (exact) mass is 215 g/mol. The summed E-state index contributed by atoms with van der Waals surface area (Å²) in [6.45, 7) is 0.610. The third kappa shape index (κ3) is 2.11. The van der Waals surface area contributed by atoms with Gasteiger partial charge in [0, 0.05) is 6.04 Å². The van der Waals surface area contributed by atoms with Crippen molar-refractivity contribution in [3.8, 4) is 11.5 Å². The number of halogens is 1. The Labute approximate surface area is 89.6 Å². The first-order valence-electron chi connectivity index (χ1n) is 4.35. The van der Waals surface area contributed by atoms with Gasteiger partial charge in [-0.3, -0.25) is 0 Å². The molecular formula is C10H14ClNO2. The molecule has 0 radical (unpaired) electrons. The molecule has 1 aliphatic heterocycles. The Balaban J connectivity index is 0.000000980. The van der Waals surface area contributed by atoms with Gasteiger partial charge in [-0.05, 0) is 30.2 Å². The van der Waals surface area contributed by atoms with Gasteiger partial charge in [0.1, 0.15) is 18.1 Å². The zero-order chi connectivity index (χ0) is 9.26. The van der Waals surface area contributed by atoms with E-state index in [1.807, 2.05) is 18.2 Å². The van der Waals surface area contributed by atoms with Crippen LogP contribution < -0.4 is 15.2 Å². The molecule has 3 nitrogen and oxygen atoms in total. The number of hydrogen-bond donors (Lipinski definition) is 1. The fourth-order valence-electron chi connectivity index (χ4n) is 1.52. The van der Waals surface area contributed by atoms with E-state index in [1.54, 1.807) is 7.11 Å². The lowest BCUT2D eigenvalue weighted by molar-refractivity contribution is 0.262. The molecule has 0 amide bonds. The number of hydrogen-bond acceptors (Lipinski definition) is 3. The zero-order valence-electron chi connectivity index (χ0n) is 8.03. The van der Waals surface area contributed by atoms with E-state index in [9.17, 15) is 0 Å². The van der Waals surface area contributed by atoms with E-state index in [-0.39, 0.29) is 18.4 Å². The van der Waals surface area contributed by atoms with Gasteiger partial charge in [-0.25, -0.2) is 0 Å². The lowest BCUT2D eigenvalue weighted by atomic mass is 10.0. The summed E-state index contributed by atoms with van der Waals surface area (Å²) in [4.78, 5) is 0. The topological polar surface area (TPSA) is 44.5 Å². The number of fused-ring (bicyclic) bond motifs is 1.